The van der Waals surface area contributed by atoms with Gasteiger partial charge in [-0.3, -0.25) is 0 Å². The zero-order valence-electron chi connectivity index (χ0n) is 27.4. The predicted molar refractivity (Wildman–Crippen MR) is 226 cm³/mol. The number of benzene rings is 6. The summed E-state index contributed by atoms with van der Waals surface area (Å²) in [6.07, 6.45) is 0. The Morgan fingerprint density at radius 2 is 0.627 bits per heavy atom. The van der Waals surface area contributed by atoms with Crippen LogP contribution >= 0.6 is 62.6 Å². The van der Waals surface area contributed by atoms with Crippen molar-refractivity contribution < 1.29 is 38.4 Å². The number of rotatable bonds is 9. The second-order valence-corrected chi connectivity index (χ2v) is 27.1. The van der Waals surface area contributed by atoms with E-state index in [1.165, 1.54) is 8.19 Å². The van der Waals surface area contributed by atoms with Crippen LogP contribution in [0.5, 0.6) is 0 Å². The fraction of sp³-hybridized carbons (Fsp3) is 0.0250. The van der Waals surface area contributed by atoms with Crippen LogP contribution in [0.2, 0.25) is 0 Å². The van der Waals surface area contributed by atoms with Crippen molar-refractivity contribution in [1.29, 1.82) is 0 Å². The molecule has 51 heavy (non-hydrogen) atoms. The van der Waals surface area contributed by atoms with Gasteiger partial charge in [0.05, 0.1) is 0 Å². The minimum atomic E-state index is -3.97. The van der Waals surface area contributed by atoms with Gasteiger partial charge in [-0.25, -0.2) is 0 Å². The van der Waals surface area contributed by atoms with Crippen LogP contribution in [-0.4, -0.2) is 5.14 Å². The molecule has 3 nitrogen and oxygen atoms in total. The Labute approximate surface area is 331 Å². The van der Waals surface area contributed by atoms with E-state index < -0.39 is 26.6 Å². The SMILES string of the molecule is Cl.Cl.O=P(c1ccccc1)(c1ccccc1)C(P(=O)(c1ccccc1)c1ccccc1)P(=O)(c1ccccc1)c1ccccc1.[Zr][c]1pcc[pH]1. The molecule has 1 aromatic heterocycles. The standard InChI is InChI=1S/C37H31O3P3.C3H3P2.2ClH.Zr/c38-41(31-19-7-1-8-20-31,32-21-9-2-10-22-32)37(42(39,33-23-11-3-12-24-33)34-25-13-4-14-26-34)43(40,35-27-15-5-16-28-35)36-29-17-6-18-30-36;1-2-5-3-4-1;;;/h1-30,37H;1-2,4H;2*1H;. The van der Waals surface area contributed by atoms with Gasteiger partial charge in [0, 0.05) is 31.8 Å². The third-order valence-electron chi connectivity index (χ3n) is 8.31. The van der Waals surface area contributed by atoms with Crippen molar-refractivity contribution in [2.24, 2.45) is 0 Å². The molecule has 0 fully saturated rings. The molecule has 0 spiro atoms. The van der Waals surface area contributed by atoms with Gasteiger partial charge in [-0.05, 0) is 0 Å². The molecule has 0 amide bonds. The summed E-state index contributed by atoms with van der Waals surface area (Å²) in [5.74, 6) is 4.48. The van der Waals surface area contributed by atoms with Gasteiger partial charge >= 0.3 is 55.4 Å². The molecule has 0 aliphatic heterocycles. The predicted octanol–water partition coefficient (Wildman–Crippen LogP) is 9.63. The van der Waals surface area contributed by atoms with E-state index in [4.69, 9.17) is 0 Å². The Hall–Kier alpha value is -2.32. The first kappa shape index (κ1) is 41.4. The average Bonchev–Trinajstić information content (AvgIpc) is 3.67. The number of hydrogen-bond acceptors (Lipinski definition) is 3. The van der Waals surface area contributed by atoms with Crippen LogP contribution in [-0.2, 0) is 38.4 Å². The van der Waals surface area contributed by atoms with Crippen LogP contribution in [0.1, 0.15) is 0 Å². The van der Waals surface area contributed by atoms with Crippen LogP contribution in [0.15, 0.2) is 194 Å². The third-order valence-corrected chi connectivity index (χ3v) is 26.7. The topological polar surface area (TPSA) is 51.2 Å². The van der Waals surface area contributed by atoms with E-state index in [0.29, 0.717) is 31.8 Å². The summed E-state index contributed by atoms with van der Waals surface area (Å²) in [5, 5.41) is 1.80. The van der Waals surface area contributed by atoms with Gasteiger partial charge in [0.15, 0.2) is 21.4 Å². The summed E-state index contributed by atoms with van der Waals surface area (Å²) in [7, 11) is -9.37. The van der Waals surface area contributed by atoms with E-state index >= 15 is 13.7 Å². The summed E-state index contributed by atoms with van der Waals surface area (Å²) in [4.78, 5) is 0. The van der Waals surface area contributed by atoms with Gasteiger partial charge in [0.25, 0.3) is 0 Å². The van der Waals surface area contributed by atoms with Crippen LogP contribution in [0.3, 0.4) is 0 Å². The molecule has 0 bridgehead atoms. The molecular formula is C40H36Cl2O3P5Zr. The molecule has 1 unspecified atom stereocenters. The Balaban J connectivity index is 0.000000662. The first-order valence-corrected chi connectivity index (χ1v) is 24.3. The summed E-state index contributed by atoms with van der Waals surface area (Å²) < 4.78 is 51.4. The molecule has 0 aliphatic rings. The minimum absolute atomic E-state index is 0. The fourth-order valence-electron chi connectivity index (χ4n) is 6.10. The molecule has 1 atom stereocenters. The molecular weight excluding hydrogens is 845 g/mol. The van der Waals surface area contributed by atoms with Gasteiger partial charge in [-0.15, -0.1) is 24.8 Å². The Kier molecular flexibility index (Phi) is 15.6. The monoisotopic (exact) mass is 879 g/mol. The molecule has 0 aliphatic carbocycles. The second-order valence-electron chi connectivity index (χ2n) is 11.3. The average molecular weight is 882 g/mol. The molecule has 257 valence electrons. The van der Waals surface area contributed by atoms with Crippen molar-refractivity contribution in [1.82, 2.24) is 0 Å². The van der Waals surface area contributed by atoms with Gasteiger partial charge < -0.3 is 13.7 Å². The first-order valence-electron chi connectivity index (χ1n) is 15.7. The molecule has 7 rings (SSSR count). The van der Waals surface area contributed by atoms with Crippen molar-refractivity contribution >= 4 is 97.2 Å². The Morgan fingerprint density at radius 1 is 0.412 bits per heavy atom. The molecule has 0 N–H and O–H groups in total. The van der Waals surface area contributed by atoms with Gasteiger partial charge in [0.1, 0.15) is 5.14 Å². The summed E-state index contributed by atoms with van der Waals surface area (Å²) in [6, 6.07) is 55.2. The molecule has 0 saturated carbocycles. The molecule has 0 radical (unpaired) electrons. The van der Waals surface area contributed by atoms with Gasteiger partial charge in [-0.1, -0.05) is 182 Å². The summed E-state index contributed by atoms with van der Waals surface area (Å²) in [6.45, 7) is 0. The summed E-state index contributed by atoms with van der Waals surface area (Å²) >= 11 is 1.62. The van der Waals surface area contributed by atoms with Gasteiger partial charge in [0.2, 0.25) is 0 Å². The number of hydrogen-bond donors (Lipinski definition) is 0. The van der Waals surface area contributed by atoms with Crippen molar-refractivity contribution in [2.45, 2.75) is 5.14 Å². The Morgan fingerprint density at radius 3 is 0.765 bits per heavy atom. The van der Waals surface area contributed by atoms with Crippen LogP contribution in [0.4, 0.5) is 0 Å². The fourth-order valence-corrected chi connectivity index (χ4v) is 25.4. The molecule has 0 saturated heterocycles. The second kappa shape index (κ2) is 19.1. The van der Waals surface area contributed by atoms with Crippen molar-refractivity contribution in [3.8, 4) is 0 Å². The van der Waals surface area contributed by atoms with Gasteiger partial charge in [-0.2, -0.15) is 0 Å². The van der Waals surface area contributed by atoms with E-state index in [-0.39, 0.29) is 24.8 Å². The maximum absolute atomic E-state index is 16.6. The Bertz CT molecular complexity index is 1850. The number of halogens is 2. The van der Waals surface area contributed by atoms with E-state index in [1.807, 2.05) is 182 Å². The molecule has 7 aromatic rings. The zero-order chi connectivity index (χ0) is 34.2. The van der Waals surface area contributed by atoms with Crippen molar-refractivity contribution in [3.05, 3.63) is 194 Å². The first-order chi connectivity index (χ1) is 23.9. The van der Waals surface area contributed by atoms with Crippen LogP contribution in [0.25, 0.3) is 0 Å². The zero-order valence-corrected chi connectivity index (χ0v) is 36.1. The maximum atomic E-state index is 16.6. The molecule has 6 aromatic carbocycles. The van der Waals surface area contributed by atoms with E-state index in [0.717, 1.165) is 8.19 Å². The quantitative estimate of drug-likeness (QED) is 0.136. The van der Waals surface area contributed by atoms with E-state index in [2.05, 4.69) is 11.6 Å². The molecule has 11 heteroatoms. The third kappa shape index (κ3) is 8.74. The van der Waals surface area contributed by atoms with E-state index in [1.54, 1.807) is 27.5 Å². The van der Waals surface area contributed by atoms with Crippen molar-refractivity contribution in [2.75, 3.05) is 0 Å². The van der Waals surface area contributed by atoms with Crippen LogP contribution < -0.4 is 34.6 Å². The van der Waals surface area contributed by atoms with E-state index in [9.17, 15) is 0 Å². The molecule has 1 heterocycles. The van der Waals surface area contributed by atoms with Crippen molar-refractivity contribution in [3.63, 3.8) is 0 Å². The normalized spacial score (nSPS) is 11.6. The van der Waals surface area contributed by atoms with Crippen LogP contribution in [0, 0.1) is 0 Å². The summed E-state index contributed by atoms with van der Waals surface area (Å²) in [5.41, 5.74) is 0.